The quantitative estimate of drug-likeness (QED) is 0.403. The number of hydrogen-bond donors (Lipinski definition) is 3. The molecule has 0 aliphatic rings. The molecule has 0 bridgehead atoms. The Bertz CT molecular complexity index is 1120. The fourth-order valence-electron chi connectivity index (χ4n) is 2.59. The Morgan fingerprint density at radius 3 is 2.33 bits per heavy atom. The number of esters is 1. The summed E-state index contributed by atoms with van der Waals surface area (Å²) in [5.74, 6) is -1.18. The average molecular weight is 480 g/mol. The maximum Gasteiger partial charge on any atom is 0.325 e. The Morgan fingerprint density at radius 2 is 1.67 bits per heavy atom. The summed E-state index contributed by atoms with van der Waals surface area (Å²) >= 11 is 0. The lowest BCUT2D eigenvalue weighted by Gasteiger charge is -2.12. The molecule has 0 spiro atoms. The van der Waals surface area contributed by atoms with E-state index in [2.05, 4.69) is 10.6 Å². The fraction of sp³-hybridized carbons (Fsp3) is 0.286. The Balaban J connectivity index is 1.85. The average Bonchev–Trinajstić information content (AvgIpc) is 2.77. The van der Waals surface area contributed by atoms with E-state index in [1.165, 1.54) is 36.4 Å². The SMILES string of the molecule is CCOc1ccc(C(=O)NCC(=O)OCC(=O)Nc2cccc(S(N)(=O)=O)c2)cc1OCC. The molecule has 0 radical (unpaired) electrons. The van der Waals surface area contributed by atoms with Gasteiger partial charge in [-0.2, -0.15) is 0 Å². The summed E-state index contributed by atoms with van der Waals surface area (Å²) in [6.07, 6.45) is 0. The first-order valence-corrected chi connectivity index (χ1v) is 11.4. The zero-order valence-corrected chi connectivity index (χ0v) is 18.9. The molecule has 0 saturated carbocycles. The molecular weight excluding hydrogens is 454 g/mol. The number of nitrogens with one attached hydrogen (secondary N) is 2. The highest BCUT2D eigenvalue weighted by atomic mass is 32.2. The highest BCUT2D eigenvalue weighted by Gasteiger charge is 2.14. The highest BCUT2D eigenvalue weighted by molar-refractivity contribution is 7.89. The predicted molar refractivity (Wildman–Crippen MR) is 119 cm³/mol. The van der Waals surface area contributed by atoms with E-state index in [-0.39, 0.29) is 16.1 Å². The second-order valence-electron chi connectivity index (χ2n) is 6.49. The molecule has 2 amide bonds. The third-order valence-corrected chi connectivity index (χ3v) is 4.92. The minimum absolute atomic E-state index is 0.163. The topological polar surface area (TPSA) is 163 Å². The van der Waals surface area contributed by atoms with Gasteiger partial charge in [-0.25, -0.2) is 13.6 Å². The number of benzene rings is 2. The van der Waals surface area contributed by atoms with Gasteiger partial charge in [-0.05, 0) is 50.2 Å². The molecule has 0 aliphatic heterocycles. The molecule has 0 saturated heterocycles. The molecule has 0 aliphatic carbocycles. The van der Waals surface area contributed by atoms with Crippen molar-refractivity contribution in [3.8, 4) is 11.5 Å². The molecule has 33 heavy (non-hydrogen) atoms. The predicted octanol–water partition coefficient (Wildman–Crippen LogP) is 1.04. The molecule has 178 valence electrons. The van der Waals surface area contributed by atoms with Crippen molar-refractivity contribution >= 4 is 33.5 Å². The van der Waals surface area contributed by atoms with E-state index in [0.717, 1.165) is 0 Å². The van der Waals surface area contributed by atoms with Gasteiger partial charge in [0.2, 0.25) is 10.0 Å². The van der Waals surface area contributed by atoms with Gasteiger partial charge in [0.25, 0.3) is 11.8 Å². The first kappa shape index (κ1) is 25.6. The van der Waals surface area contributed by atoms with Crippen molar-refractivity contribution < 1.29 is 37.0 Å². The van der Waals surface area contributed by atoms with Gasteiger partial charge >= 0.3 is 5.97 Å². The number of ether oxygens (including phenoxy) is 3. The number of nitrogens with two attached hydrogens (primary N) is 1. The molecule has 0 fully saturated rings. The van der Waals surface area contributed by atoms with Crippen LogP contribution in [0.4, 0.5) is 5.69 Å². The molecular formula is C21H25N3O8S. The van der Waals surface area contributed by atoms with Crippen molar-refractivity contribution in [3.63, 3.8) is 0 Å². The number of amides is 2. The Morgan fingerprint density at radius 1 is 0.970 bits per heavy atom. The molecule has 4 N–H and O–H groups in total. The smallest absolute Gasteiger partial charge is 0.325 e. The number of carbonyl (C=O) groups excluding carboxylic acids is 3. The number of hydrogen-bond acceptors (Lipinski definition) is 8. The van der Waals surface area contributed by atoms with Crippen LogP contribution in [0.2, 0.25) is 0 Å². The number of primary sulfonamides is 1. The van der Waals surface area contributed by atoms with Crippen LogP contribution in [0, 0.1) is 0 Å². The molecule has 2 aromatic carbocycles. The molecule has 2 aromatic rings. The van der Waals surface area contributed by atoms with Gasteiger partial charge in [0.05, 0.1) is 18.1 Å². The minimum atomic E-state index is -3.93. The van der Waals surface area contributed by atoms with Crippen LogP contribution in [-0.4, -0.2) is 52.6 Å². The number of anilines is 1. The standard InChI is InChI=1S/C21H25N3O8S/c1-3-30-17-9-8-14(10-18(17)31-4-2)21(27)23-12-20(26)32-13-19(25)24-15-6-5-7-16(11-15)33(22,28)29/h5-11H,3-4,12-13H2,1-2H3,(H,23,27)(H,24,25)(H2,22,28,29). The monoisotopic (exact) mass is 479 g/mol. The van der Waals surface area contributed by atoms with Gasteiger partial charge in [-0.15, -0.1) is 0 Å². The van der Waals surface area contributed by atoms with Crippen LogP contribution in [0.15, 0.2) is 47.4 Å². The van der Waals surface area contributed by atoms with Crippen molar-refractivity contribution in [1.29, 1.82) is 0 Å². The van der Waals surface area contributed by atoms with E-state index in [0.29, 0.717) is 24.7 Å². The molecule has 0 atom stereocenters. The van der Waals surface area contributed by atoms with Gasteiger partial charge in [0, 0.05) is 11.3 Å². The van der Waals surface area contributed by atoms with E-state index in [9.17, 15) is 22.8 Å². The Kier molecular flexibility index (Phi) is 9.18. The Hall–Kier alpha value is -3.64. The van der Waals surface area contributed by atoms with Crippen molar-refractivity contribution in [2.24, 2.45) is 5.14 Å². The van der Waals surface area contributed by atoms with E-state index in [4.69, 9.17) is 19.3 Å². The molecule has 11 nitrogen and oxygen atoms in total. The van der Waals surface area contributed by atoms with Gasteiger partial charge in [0.15, 0.2) is 18.1 Å². The zero-order chi connectivity index (χ0) is 24.4. The summed E-state index contributed by atoms with van der Waals surface area (Å²) in [6, 6.07) is 9.90. The molecule has 12 heteroatoms. The Labute approximate surface area is 191 Å². The van der Waals surface area contributed by atoms with Crippen molar-refractivity contribution in [3.05, 3.63) is 48.0 Å². The van der Waals surface area contributed by atoms with Crippen molar-refractivity contribution in [1.82, 2.24) is 5.32 Å². The summed E-state index contributed by atoms with van der Waals surface area (Å²) < 4.78 is 38.4. The van der Waals surface area contributed by atoms with E-state index < -0.39 is 41.0 Å². The largest absolute Gasteiger partial charge is 0.490 e. The van der Waals surface area contributed by atoms with E-state index in [1.807, 2.05) is 6.92 Å². The second kappa shape index (κ2) is 11.8. The molecule has 0 heterocycles. The lowest BCUT2D eigenvalue weighted by atomic mass is 10.2. The number of rotatable bonds is 11. The van der Waals surface area contributed by atoms with Crippen LogP contribution in [0.3, 0.4) is 0 Å². The summed E-state index contributed by atoms with van der Waals surface area (Å²) in [4.78, 5) is 35.9. The summed E-state index contributed by atoms with van der Waals surface area (Å²) in [5, 5.41) is 9.82. The van der Waals surface area contributed by atoms with Crippen LogP contribution in [-0.2, 0) is 24.3 Å². The summed E-state index contributed by atoms with van der Waals surface area (Å²) in [7, 11) is -3.93. The number of sulfonamides is 1. The lowest BCUT2D eigenvalue weighted by molar-refractivity contribution is -0.146. The van der Waals surface area contributed by atoms with E-state index in [1.54, 1.807) is 13.0 Å². The third-order valence-electron chi connectivity index (χ3n) is 4.01. The summed E-state index contributed by atoms with van der Waals surface area (Å²) in [5.41, 5.74) is 0.415. The second-order valence-corrected chi connectivity index (χ2v) is 8.05. The van der Waals surface area contributed by atoms with Crippen LogP contribution in [0.25, 0.3) is 0 Å². The molecule has 2 rings (SSSR count). The van der Waals surface area contributed by atoms with Crippen molar-refractivity contribution in [2.75, 3.05) is 31.7 Å². The minimum Gasteiger partial charge on any atom is -0.490 e. The normalized spacial score (nSPS) is 10.8. The van der Waals surface area contributed by atoms with Crippen LogP contribution >= 0.6 is 0 Å². The zero-order valence-electron chi connectivity index (χ0n) is 18.1. The molecule has 0 unspecified atom stereocenters. The van der Waals surface area contributed by atoms with Crippen LogP contribution in [0.5, 0.6) is 11.5 Å². The maximum absolute atomic E-state index is 12.3. The third kappa shape index (κ3) is 8.09. The first-order valence-electron chi connectivity index (χ1n) is 9.90. The van der Waals surface area contributed by atoms with Crippen LogP contribution in [0.1, 0.15) is 24.2 Å². The number of carbonyl (C=O) groups is 3. The lowest BCUT2D eigenvalue weighted by Crippen LogP contribution is -2.32. The maximum atomic E-state index is 12.3. The first-order chi connectivity index (χ1) is 15.6. The van der Waals surface area contributed by atoms with Gasteiger partial charge < -0.3 is 24.8 Å². The van der Waals surface area contributed by atoms with Gasteiger partial charge in [-0.3, -0.25) is 14.4 Å². The van der Waals surface area contributed by atoms with Gasteiger partial charge in [-0.1, -0.05) is 6.07 Å². The van der Waals surface area contributed by atoms with Crippen molar-refractivity contribution in [2.45, 2.75) is 18.7 Å². The highest BCUT2D eigenvalue weighted by Crippen LogP contribution is 2.28. The fourth-order valence-corrected chi connectivity index (χ4v) is 3.15. The van der Waals surface area contributed by atoms with Crippen LogP contribution < -0.4 is 25.2 Å². The summed E-state index contributed by atoms with van der Waals surface area (Å²) in [6.45, 7) is 3.33. The molecule has 0 aromatic heterocycles. The van der Waals surface area contributed by atoms with Gasteiger partial charge in [0.1, 0.15) is 6.54 Å². The van der Waals surface area contributed by atoms with E-state index >= 15 is 0 Å².